The van der Waals surface area contributed by atoms with E-state index in [0.29, 0.717) is 11.7 Å². The molecule has 2 aromatic rings. The number of benzene rings is 2. The number of carbonyl (C=O) groups is 1. The minimum absolute atomic E-state index is 0.0971. The average molecular weight is 253 g/mol. The molecule has 0 heterocycles. The predicted molar refractivity (Wildman–Crippen MR) is 57.0 cm³/mol. The van der Waals surface area contributed by atoms with Gasteiger partial charge in [-0.25, -0.2) is 4.39 Å². The van der Waals surface area contributed by atoms with Crippen molar-refractivity contribution in [3.05, 3.63) is 46.2 Å². The Bertz CT molecular complexity index is 508. The first-order valence-corrected chi connectivity index (χ1v) is 4.84. The molecule has 0 radical (unpaired) electrons. The lowest BCUT2D eigenvalue weighted by atomic mass is 10.1. The molecule has 1 nitrogen and oxygen atoms in total. The second-order valence-electron chi connectivity index (χ2n) is 2.95. The molecule has 0 aliphatic heterocycles. The predicted octanol–water partition coefficient (Wildman–Crippen LogP) is 3.55. The normalized spacial score (nSPS) is 10.4. The summed E-state index contributed by atoms with van der Waals surface area (Å²) in [6.45, 7) is 0. The molecule has 3 heteroatoms. The molecule has 70 valence electrons. The smallest absolute Gasteiger partial charge is 0.153 e. The maximum atomic E-state index is 13.6. The van der Waals surface area contributed by atoms with Gasteiger partial charge in [-0.1, -0.05) is 28.1 Å². The molecule has 0 aliphatic rings. The topological polar surface area (TPSA) is 17.1 Å². The highest BCUT2D eigenvalue weighted by molar-refractivity contribution is 9.10. The molecule has 0 bridgehead atoms. The standard InChI is InChI=1S/C11H6BrFO/c12-9-3-4-10-7(5-9)1-2-8(6-14)11(10)13/h1-6H. The summed E-state index contributed by atoms with van der Waals surface area (Å²) in [7, 11) is 0. The third-order valence-corrected chi connectivity index (χ3v) is 2.57. The van der Waals surface area contributed by atoms with Gasteiger partial charge in [-0.05, 0) is 23.6 Å². The fourth-order valence-electron chi connectivity index (χ4n) is 1.37. The molecule has 2 rings (SSSR count). The molecule has 0 saturated carbocycles. The number of hydrogen-bond donors (Lipinski definition) is 0. The highest BCUT2D eigenvalue weighted by Crippen LogP contribution is 2.23. The highest BCUT2D eigenvalue weighted by Gasteiger charge is 2.05. The van der Waals surface area contributed by atoms with Crippen LogP contribution in [0.1, 0.15) is 10.4 Å². The number of halogens is 2. The van der Waals surface area contributed by atoms with Crippen molar-refractivity contribution in [1.82, 2.24) is 0 Å². The van der Waals surface area contributed by atoms with E-state index >= 15 is 0 Å². The monoisotopic (exact) mass is 252 g/mol. The van der Waals surface area contributed by atoms with E-state index in [0.717, 1.165) is 9.86 Å². The van der Waals surface area contributed by atoms with Crippen LogP contribution in [0.15, 0.2) is 34.8 Å². The third-order valence-electron chi connectivity index (χ3n) is 2.07. The van der Waals surface area contributed by atoms with Crippen molar-refractivity contribution in [2.75, 3.05) is 0 Å². The summed E-state index contributed by atoms with van der Waals surface area (Å²) in [6.07, 6.45) is 0.525. The van der Waals surface area contributed by atoms with Crippen molar-refractivity contribution in [2.24, 2.45) is 0 Å². The van der Waals surface area contributed by atoms with Crippen LogP contribution < -0.4 is 0 Å². The van der Waals surface area contributed by atoms with E-state index in [9.17, 15) is 9.18 Å². The zero-order valence-electron chi connectivity index (χ0n) is 7.13. The summed E-state index contributed by atoms with van der Waals surface area (Å²) in [4.78, 5) is 10.5. The lowest BCUT2D eigenvalue weighted by Gasteiger charge is -2.01. The molecule has 0 unspecified atom stereocenters. The van der Waals surface area contributed by atoms with Gasteiger partial charge >= 0.3 is 0 Å². The quantitative estimate of drug-likeness (QED) is 0.710. The zero-order valence-corrected chi connectivity index (χ0v) is 8.71. The van der Waals surface area contributed by atoms with Crippen LogP contribution in [0.3, 0.4) is 0 Å². The molecule has 0 atom stereocenters. The second-order valence-corrected chi connectivity index (χ2v) is 3.87. The van der Waals surface area contributed by atoms with Crippen LogP contribution in [0, 0.1) is 5.82 Å². The zero-order chi connectivity index (χ0) is 10.1. The van der Waals surface area contributed by atoms with E-state index in [-0.39, 0.29) is 5.56 Å². The first kappa shape index (κ1) is 9.34. The Labute approximate surface area is 88.7 Å². The van der Waals surface area contributed by atoms with Gasteiger partial charge in [-0.15, -0.1) is 0 Å². The largest absolute Gasteiger partial charge is 0.298 e. The molecular formula is C11H6BrFO. The van der Waals surface area contributed by atoms with Gasteiger partial charge in [-0.2, -0.15) is 0 Å². The summed E-state index contributed by atoms with van der Waals surface area (Å²) in [5.74, 6) is -0.454. The SMILES string of the molecule is O=Cc1ccc2cc(Br)ccc2c1F. The van der Waals surface area contributed by atoms with Gasteiger partial charge in [0.05, 0.1) is 5.56 Å². The Morgan fingerprint density at radius 1 is 1.21 bits per heavy atom. The number of carbonyl (C=O) groups excluding carboxylic acids is 1. The number of hydrogen-bond acceptors (Lipinski definition) is 1. The molecule has 0 N–H and O–H groups in total. The Morgan fingerprint density at radius 3 is 2.71 bits per heavy atom. The van der Waals surface area contributed by atoms with Crippen LogP contribution in [0.5, 0.6) is 0 Å². The fraction of sp³-hybridized carbons (Fsp3) is 0. The molecule has 0 amide bonds. The average Bonchev–Trinajstić information content (AvgIpc) is 2.18. The van der Waals surface area contributed by atoms with Gasteiger partial charge in [0.25, 0.3) is 0 Å². The molecule has 0 spiro atoms. The van der Waals surface area contributed by atoms with Crippen LogP contribution in [-0.2, 0) is 0 Å². The van der Waals surface area contributed by atoms with Gasteiger partial charge in [0.15, 0.2) is 6.29 Å². The molecule has 14 heavy (non-hydrogen) atoms. The van der Waals surface area contributed by atoms with Crippen molar-refractivity contribution >= 4 is 33.0 Å². The molecule has 0 aromatic heterocycles. The molecular weight excluding hydrogens is 247 g/mol. The van der Waals surface area contributed by atoms with Crippen molar-refractivity contribution < 1.29 is 9.18 Å². The molecule has 0 aliphatic carbocycles. The first-order valence-electron chi connectivity index (χ1n) is 4.05. The minimum atomic E-state index is -0.454. The Morgan fingerprint density at radius 2 is 2.00 bits per heavy atom. The lowest BCUT2D eigenvalue weighted by Crippen LogP contribution is -1.88. The van der Waals surface area contributed by atoms with Gasteiger partial charge in [0.2, 0.25) is 0 Å². The lowest BCUT2D eigenvalue weighted by molar-refractivity contribution is 0.112. The maximum absolute atomic E-state index is 13.6. The van der Waals surface area contributed by atoms with E-state index in [2.05, 4.69) is 15.9 Å². The van der Waals surface area contributed by atoms with E-state index in [1.807, 2.05) is 6.07 Å². The Balaban J connectivity index is 2.83. The fourth-order valence-corrected chi connectivity index (χ4v) is 1.75. The summed E-state index contributed by atoms with van der Waals surface area (Å²) in [6, 6.07) is 8.43. The summed E-state index contributed by atoms with van der Waals surface area (Å²) < 4.78 is 14.4. The van der Waals surface area contributed by atoms with Gasteiger partial charge in [-0.3, -0.25) is 4.79 Å². The van der Waals surface area contributed by atoms with Crippen LogP contribution in [-0.4, -0.2) is 6.29 Å². The van der Waals surface area contributed by atoms with Crippen LogP contribution in [0.4, 0.5) is 4.39 Å². The van der Waals surface area contributed by atoms with Crippen LogP contribution in [0.2, 0.25) is 0 Å². The van der Waals surface area contributed by atoms with Crippen molar-refractivity contribution in [3.63, 3.8) is 0 Å². The summed E-state index contributed by atoms with van der Waals surface area (Å²) in [5.41, 5.74) is 0.0971. The minimum Gasteiger partial charge on any atom is -0.298 e. The van der Waals surface area contributed by atoms with E-state index in [1.165, 1.54) is 6.07 Å². The third kappa shape index (κ3) is 1.44. The van der Waals surface area contributed by atoms with Gasteiger partial charge in [0, 0.05) is 9.86 Å². The number of aldehydes is 1. The Hall–Kier alpha value is -1.22. The van der Waals surface area contributed by atoms with Crippen LogP contribution >= 0.6 is 15.9 Å². The van der Waals surface area contributed by atoms with Crippen molar-refractivity contribution in [2.45, 2.75) is 0 Å². The molecule has 2 aromatic carbocycles. The van der Waals surface area contributed by atoms with Crippen molar-refractivity contribution in [3.8, 4) is 0 Å². The molecule has 0 saturated heterocycles. The van der Waals surface area contributed by atoms with Gasteiger partial charge in [0.1, 0.15) is 5.82 Å². The van der Waals surface area contributed by atoms with Crippen LogP contribution in [0.25, 0.3) is 10.8 Å². The Kier molecular flexibility index (Phi) is 2.33. The van der Waals surface area contributed by atoms with E-state index in [1.54, 1.807) is 18.2 Å². The summed E-state index contributed by atoms with van der Waals surface area (Å²) >= 11 is 3.30. The van der Waals surface area contributed by atoms with Gasteiger partial charge < -0.3 is 0 Å². The van der Waals surface area contributed by atoms with E-state index < -0.39 is 5.82 Å². The second kappa shape index (κ2) is 3.50. The van der Waals surface area contributed by atoms with Crippen molar-refractivity contribution in [1.29, 1.82) is 0 Å². The van der Waals surface area contributed by atoms with E-state index in [4.69, 9.17) is 0 Å². The summed E-state index contributed by atoms with van der Waals surface area (Å²) in [5, 5.41) is 1.25. The number of rotatable bonds is 1. The highest BCUT2D eigenvalue weighted by atomic mass is 79.9. The number of fused-ring (bicyclic) bond motifs is 1. The first-order chi connectivity index (χ1) is 6.72. The maximum Gasteiger partial charge on any atom is 0.153 e. The molecule has 0 fully saturated rings.